The number of halogens is 5. The molecule has 0 spiro atoms. The molecule has 0 aliphatic carbocycles. The van der Waals surface area contributed by atoms with E-state index in [1.54, 1.807) is 6.07 Å². The highest BCUT2D eigenvalue weighted by atomic mass is 35.5. The molecule has 0 radical (unpaired) electrons. The Hall–Kier alpha value is -4.69. The molecular formula is C26H16ClF4N5O2. The van der Waals surface area contributed by atoms with Crippen LogP contribution in [0.15, 0.2) is 66.5 Å². The Balaban J connectivity index is 1.68. The molecule has 12 heteroatoms. The molecule has 0 aliphatic rings. The molecule has 4 rings (SSSR count). The quantitative estimate of drug-likeness (QED) is 0.159. The summed E-state index contributed by atoms with van der Waals surface area (Å²) in [7, 11) is 1.36. The summed E-state index contributed by atoms with van der Waals surface area (Å²) in [6, 6.07) is 13.0. The molecule has 0 bridgehead atoms. The van der Waals surface area contributed by atoms with Crippen LogP contribution in [-0.2, 0) is 11.0 Å². The maximum absolute atomic E-state index is 13.5. The number of benzene rings is 3. The summed E-state index contributed by atoms with van der Waals surface area (Å²) in [6.45, 7) is 0. The first-order chi connectivity index (χ1) is 18.1. The third-order valence-corrected chi connectivity index (χ3v) is 5.57. The van der Waals surface area contributed by atoms with E-state index >= 15 is 0 Å². The number of nitriles is 1. The number of hydrogen-bond donors (Lipinski definition) is 2. The van der Waals surface area contributed by atoms with Crippen LogP contribution in [0.4, 0.5) is 34.8 Å². The fraction of sp³-hybridized carbons (Fsp3) is 0.0769. The number of ether oxygens (including phenoxy) is 1. The van der Waals surface area contributed by atoms with Gasteiger partial charge in [-0.2, -0.15) is 18.4 Å². The van der Waals surface area contributed by atoms with E-state index in [1.807, 2.05) is 0 Å². The molecule has 0 fully saturated rings. The molecule has 1 aromatic heterocycles. The minimum absolute atomic E-state index is 0.0230. The fourth-order valence-electron chi connectivity index (χ4n) is 3.47. The van der Waals surface area contributed by atoms with Crippen molar-refractivity contribution >= 4 is 51.7 Å². The van der Waals surface area contributed by atoms with Crippen LogP contribution in [-0.4, -0.2) is 23.0 Å². The lowest BCUT2D eigenvalue weighted by Crippen LogP contribution is -2.14. The molecule has 1 amide bonds. The van der Waals surface area contributed by atoms with Crippen LogP contribution in [0.25, 0.3) is 17.0 Å². The van der Waals surface area contributed by atoms with Gasteiger partial charge in [0.25, 0.3) is 5.91 Å². The highest BCUT2D eigenvalue weighted by molar-refractivity contribution is 6.31. The van der Waals surface area contributed by atoms with E-state index in [0.29, 0.717) is 22.4 Å². The Bertz CT molecular complexity index is 1620. The SMILES string of the molecule is COc1cc2ncnc(Nc3ccc(F)c(Cl)c3)c2cc1NC(=O)C(C#N)=Cc1cccc(C(F)(F)F)c1. The van der Waals surface area contributed by atoms with Crippen LogP contribution in [0.1, 0.15) is 11.1 Å². The van der Waals surface area contributed by atoms with Gasteiger partial charge in [0.05, 0.1) is 28.9 Å². The van der Waals surface area contributed by atoms with Crippen LogP contribution in [0.3, 0.4) is 0 Å². The third-order valence-electron chi connectivity index (χ3n) is 5.28. The molecule has 0 unspecified atom stereocenters. The van der Waals surface area contributed by atoms with Gasteiger partial charge in [0.2, 0.25) is 0 Å². The second-order valence-corrected chi connectivity index (χ2v) is 8.20. The first kappa shape index (κ1) is 26.4. The van der Waals surface area contributed by atoms with Gasteiger partial charge in [0.1, 0.15) is 35.4 Å². The molecule has 3 aromatic carbocycles. The van der Waals surface area contributed by atoms with E-state index in [4.69, 9.17) is 16.3 Å². The number of alkyl halides is 3. The lowest BCUT2D eigenvalue weighted by Gasteiger charge is -2.14. The van der Waals surface area contributed by atoms with Crippen molar-refractivity contribution < 1.29 is 27.1 Å². The number of amides is 1. The lowest BCUT2D eigenvalue weighted by atomic mass is 10.1. The normalized spacial score (nSPS) is 11.7. The highest BCUT2D eigenvalue weighted by Gasteiger charge is 2.30. The topological polar surface area (TPSA) is 99.9 Å². The number of nitrogens with one attached hydrogen (secondary N) is 2. The van der Waals surface area contributed by atoms with Gasteiger partial charge in [-0.15, -0.1) is 0 Å². The summed E-state index contributed by atoms with van der Waals surface area (Å²) in [5.41, 5.74) is -0.308. The number of carbonyl (C=O) groups is 1. The van der Waals surface area contributed by atoms with E-state index in [1.165, 1.54) is 55.9 Å². The van der Waals surface area contributed by atoms with E-state index in [-0.39, 0.29) is 22.0 Å². The van der Waals surface area contributed by atoms with Crippen LogP contribution in [0, 0.1) is 17.1 Å². The number of nitrogens with zero attached hydrogens (tertiary/aromatic N) is 3. The maximum Gasteiger partial charge on any atom is 0.416 e. The van der Waals surface area contributed by atoms with E-state index < -0.39 is 29.0 Å². The second kappa shape index (κ2) is 10.7. The number of anilines is 3. The summed E-state index contributed by atoms with van der Waals surface area (Å²) in [6.07, 6.45) is -2.24. The Kier molecular flexibility index (Phi) is 7.45. The first-order valence-electron chi connectivity index (χ1n) is 10.7. The molecular weight excluding hydrogens is 526 g/mol. The molecule has 4 aromatic rings. The predicted octanol–water partition coefficient (Wildman–Crippen LogP) is 6.74. The summed E-state index contributed by atoms with van der Waals surface area (Å²) < 4.78 is 58.0. The van der Waals surface area contributed by atoms with Gasteiger partial charge in [-0.05, 0) is 48.0 Å². The van der Waals surface area contributed by atoms with E-state index in [9.17, 15) is 27.6 Å². The number of fused-ring (bicyclic) bond motifs is 1. The number of carbonyl (C=O) groups excluding carboxylic acids is 1. The van der Waals surface area contributed by atoms with Crippen molar-refractivity contribution in [3.05, 3.63) is 88.5 Å². The minimum atomic E-state index is -4.58. The second-order valence-electron chi connectivity index (χ2n) is 7.79. The van der Waals surface area contributed by atoms with Gasteiger partial charge >= 0.3 is 6.18 Å². The monoisotopic (exact) mass is 541 g/mol. The largest absolute Gasteiger partial charge is 0.494 e. The molecule has 7 nitrogen and oxygen atoms in total. The Morgan fingerprint density at radius 2 is 1.92 bits per heavy atom. The summed E-state index contributed by atoms with van der Waals surface area (Å²) >= 11 is 5.85. The molecule has 0 saturated carbocycles. The zero-order valence-corrected chi connectivity index (χ0v) is 20.2. The van der Waals surface area contributed by atoms with Crippen LogP contribution < -0.4 is 15.4 Å². The molecule has 38 heavy (non-hydrogen) atoms. The van der Waals surface area contributed by atoms with Crippen LogP contribution in [0.5, 0.6) is 5.75 Å². The van der Waals surface area contributed by atoms with E-state index in [2.05, 4.69) is 20.6 Å². The number of hydrogen-bond acceptors (Lipinski definition) is 6. The molecule has 192 valence electrons. The number of rotatable bonds is 6. The lowest BCUT2D eigenvalue weighted by molar-refractivity contribution is -0.137. The average Bonchev–Trinajstić information content (AvgIpc) is 2.89. The van der Waals surface area contributed by atoms with Gasteiger partial charge < -0.3 is 15.4 Å². The Morgan fingerprint density at radius 1 is 1.13 bits per heavy atom. The molecule has 0 atom stereocenters. The molecule has 0 saturated heterocycles. The Labute approximate surface area is 218 Å². The molecule has 1 heterocycles. The summed E-state index contributed by atoms with van der Waals surface area (Å²) in [5, 5.41) is 15.4. The molecule has 2 N–H and O–H groups in total. The van der Waals surface area contributed by atoms with Gasteiger partial charge in [-0.25, -0.2) is 14.4 Å². The van der Waals surface area contributed by atoms with E-state index in [0.717, 1.165) is 18.2 Å². The fourth-order valence-corrected chi connectivity index (χ4v) is 3.65. The van der Waals surface area contributed by atoms with Crippen molar-refractivity contribution in [2.75, 3.05) is 17.7 Å². The highest BCUT2D eigenvalue weighted by Crippen LogP contribution is 2.34. The van der Waals surface area contributed by atoms with Crippen molar-refractivity contribution in [3.8, 4) is 11.8 Å². The number of methoxy groups -OCH3 is 1. The third kappa shape index (κ3) is 5.82. The van der Waals surface area contributed by atoms with Crippen LogP contribution in [0.2, 0.25) is 5.02 Å². The smallest absolute Gasteiger partial charge is 0.416 e. The van der Waals surface area contributed by atoms with Gasteiger partial charge in [-0.3, -0.25) is 4.79 Å². The van der Waals surface area contributed by atoms with Crippen molar-refractivity contribution in [1.82, 2.24) is 9.97 Å². The summed E-state index contributed by atoms with van der Waals surface area (Å²) in [4.78, 5) is 21.3. The zero-order valence-electron chi connectivity index (χ0n) is 19.4. The van der Waals surface area contributed by atoms with Crippen molar-refractivity contribution in [3.63, 3.8) is 0 Å². The van der Waals surface area contributed by atoms with Crippen molar-refractivity contribution in [1.29, 1.82) is 5.26 Å². The number of aromatic nitrogens is 2. The van der Waals surface area contributed by atoms with Gasteiger partial charge in [0, 0.05) is 17.1 Å². The van der Waals surface area contributed by atoms with Crippen molar-refractivity contribution in [2.24, 2.45) is 0 Å². The first-order valence-corrected chi connectivity index (χ1v) is 11.1. The van der Waals surface area contributed by atoms with Gasteiger partial charge in [0.15, 0.2) is 0 Å². The predicted molar refractivity (Wildman–Crippen MR) is 134 cm³/mol. The molecule has 0 aliphatic heterocycles. The zero-order chi connectivity index (χ0) is 27.4. The van der Waals surface area contributed by atoms with Gasteiger partial charge in [-0.1, -0.05) is 23.7 Å². The standard InChI is InChI=1S/C26H16ClF4N5O2/c1-38-23-11-21-18(24(34-13-33-21)35-17-5-6-20(28)19(27)9-17)10-22(23)36-25(37)15(12-32)7-14-3-2-4-16(8-14)26(29,30)31/h2-11,13H,1H3,(H,36,37)(H,33,34,35). The maximum atomic E-state index is 13.5. The van der Waals surface area contributed by atoms with Crippen molar-refractivity contribution in [2.45, 2.75) is 6.18 Å². The Morgan fingerprint density at radius 3 is 2.61 bits per heavy atom. The van der Waals surface area contributed by atoms with Crippen LogP contribution >= 0.6 is 11.6 Å². The average molecular weight is 542 g/mol. The minimum Gasteiger partial charge on any atom is -0.494 e. The summed E-state index contributed by atoms with van der Waals surface area (Å²) in [5.74, 6) is -0.960.